The first-order valence-corrected chi connectivity index (χ1v) is 8.59. The third kappa shape index (κ3) is 3.61. The van der Waals surface area contributed by atoms with Gasteiger partial charge in [0.1, 0.15) is 24.3 Å². The number of hydrogen-bond acceptors (Lipinski definition) is 4. The fraction of sp³-hybridized carbons (Fsp3) is 0.105. The molecule has 0 atom stereocenters. The van der Waals surface area contributed by atoms with Crippen molar-refractivity contribution in [3.63, 3.8) is 0 Å². The Bertz CT molecular complexity index is 1270. The van der Waals surface area contributed by atoms with Gasteiger partial charge in [-0.1, -0.05) is 6.07 Å². The highest BCUT2D eigenvalue weighted by molar-refractivity contribution is 5.71. The highest BCUT2D eigenvalue weighted by atomic mass is 19.4. The lowest BCUT2D eigenvalue weighted by Crippen LogP contribution is -2.29. The van der Waals surface area contributed by atoms with Gasteiger partial charge in [-0.3, -0.25) is 9.98 Å². The van der Waals surface area contributed by atoms with Gasteiger partial charge in [0, 0.05) is 17.3 Å². The van der Waals surface area contributed by atoms with Crippen LogP contribution in [0, 0.1) is 17.0 Å². The van der Waals surface area contributed by atoms with Gasteiger partial charge in [0.25, 0.3) is 0 Å². The smallest absolute Gasteiger partial charge is 0.318 e. The lowest BCUT2D eigenvalue weighted by atomic mass is 10.2. The molecule has 0 unspecified atom stereocenters. The minimum absolute atomic E-state index is 0.0323. The fourth-order valence-electron chi connectivity index (χ4n) is 2.87. The van der Waals surface area contributed by atoms with Crippen LogP contribution in [0.15, 0.2) is 55.1 Å². The number of nitrogens with one attached hydrogen (secondary N) is 2. The zero-order valence-electron chi connectivity index (χ0n) is 15.1. The highest BCUT2D eigenvalue weighted by Crippen LogP contribution is 2.29. The van der Waals surface area contributed by atoms with E-state index >= 15 is 0 Å². The Balaban J connectivity index is 1.62. The topological polar surface area (TPSA) is 71.5 Å². The van der Waals surface area contributed by atoms with Gasteiger partial charge in [-0.2, -0.15) is 13.2 Å². The summed E-state index contributed by atoms with van der Waals surface area (Å²) < 4.78 is 67.7. The van der Waals surface area contributed by atoms with Crippen molar-refractivity contribution in [3.8, 4) is 5.69 Å². The average molecular weight is 420 g/mol. The van der Waals surface area contributed by atoms with Crippen molar-refractivity contribution in [2.24, 2.45) is 0 Å². The average Bonchev–Trinajstić information content (AvgIpc) is 3.13. The molecule has 0 amide bonds. The van der Waals surface area contributed by atoms with Crippen LogP contribution in [-0.2, 0) is 12.7 Å². The lowest BCUT2D eigenvalue weighted by molar-refractivity contribution is -0.137. The van der Waals surface area contributed by atoms with E-state index in [0.717, 1.165) is 24.3 Å². The zero-order chi connectivity index (χ0) is 21.5. The Hall–Kier alpha value is -3.76. The Morgan fingerprint density at radius 1 is 0.967 bits per heavy atom. The maximum absolute atomic E-state index is 13.8. The molecular formula is C19H13F5N6. The second kappa shape index (κ2) is 7.25. The number of rotatable bonds is 4. The van der Waals surface area contributed by atoms with E-state index in [2.05, 4.69) is 15.4 Å². The monoisotopic (exact) mass is 420 g/mol. The van der Waals surface area contributed by atoms with E-state index < -0.39 is 23.4 Å². The summed E-state index contributed by atoms with van der Waals surface area (Å²) in [5.41, 5.74) is 2.96. The second-order valence-corrected chi connectivity index (χ2v) is 6.37. The molecule has 2 aromatic heterocycles. The molecule has 2 N–H and O–H groups in total. The van der Waals surface area contributed by atoms with Gasteiger partial charge in [0.05, 0.1) is 12.1 Å². The number of hydrogen-bond donors (Lipinski definition) is 2. The minimum Gasteiger partial charge on any atom is -0.318 e. The van der Waals surface area contributed by atoms with Crippen LogP contribution in [0.3, 0.4) is 0 Å². The number of aromatic nitrogens is 4. The Morgan fingerprint density at radius 2 is 1.70 bits per heavy atom. The third-order valence-corrected chi connectivity index (χ3v) is 4.43. The first kappa shape index (κ1) is 19.6. The molecule has 0 radical (unpaired) electrons. The zero-order valence-corrected chi connectivity index (χ0v) is 15.1. The quantitative estimate of drug-likeness (QED) is 0.494. The molecule has 0 aliphatic rings. The molecule has 4 aromatic rings. The summed E-state index contributed by atoms with van der Waals surface area (Å²) in [6.45, 7) is -0.0323. The van der Waals surface area contributed by atoms with Crippen molar-refractivity contribution in [1.82, 2.24) is 19.2 Å². The first-order chi connectivity index (χ1) is 14.2. The summed E-state index contributed by atoms with van der Waals surface area (Å²) in [6.07, 6.45) is -1.82. The van der Waals surface area contributed by atoms with Crippen LogP contribution in [0.1, 0.15) is 11.1 Å². The van der Waals surface area contributed by atoms with E-state index in [4.69, 9.17) is 5.41 Å². The van der Waals surface area contributed by atoms with Crippen molar-refractivity contribution in [3.05, 3.63) is 83.4 Å². The Labute approximate surface area is 165 Å². The molecule has 4 rings (SSSR count). The molecule has 0 aliphatic carbocycles. The van der Waals surface area contributed by atoms with E-state index in [1.54, 1.807) is 0 Å². The highest BCUT2D eigenvalue weighted by Gasteiger charge is 2.30. The largest absolute Gasteiger partial charge is 0.416 e. The van der Waals surface area contributed by atoms with Crippen molar-refractivity contribution < 1.29 is 22.0 Å². The number of alkyl halides is 3. The number of imidazole rings is 1. The van der Waals surface area contributed by atoms with Crippen molar-refractivity contribution in [2.45, 2.75) is 12.7 Å². The predicted octanol–water partition coefficient (Wildman–Crippen LogP) is 3.74. The molecule has 0 fully saturated rings. The Morgan fingerprint density at radius 3 is 2.37 bits per heavy atom. The molecule has 0 bridgehead atoms. The summed E-state index contributed by atoms with van der Waals surface area (Å²) in [7, 11) is 0. The number of benzene rings is 2. The summed E-state index contributed by atoms with van der Waals surface area (Å²) >= 11 is 0. The number of fused-ring (bicyclic) bond motifs is 1. The fourth-order valence-corrected chi connectivity index (χ4v) is 2.87. The lowest BCUT2D eigenvalue weighted by Gasteiger charge is -2.11. The molecule has 6 nitrogen and oxygen atoms in total. The molecule has 154 valence electrons. The molecule has 0 saturated carbocycles. The summed E-state index contributed by atoms with van der Waals surface area (Å²) in [4.78, 5) is 8.32. The first-order valence-electron chi connectivity index (χ1n) is 8.59. The normalized spacial score (nSPS) is 11.8. The summed E-state index contributed by atoms with van der Waals surface area (Å²) in [5.74, 6) is -1.42. The maximum Gasteiger partial charge on any atom is 0.416 e. The standard InChI is InChI=1S/C19H13F5N6/c20-13-4-1-11(15(21)7-13)8-28-30-10-27-18-16(17(30)25)26-9-29(18)14-5-2-12(3-6-14)19(22,23)24/h1-7,9-10,25,28H,8H2. The molecule has 2 heterocycles. The molecule has 30 heavy (non-hydrogen) atoms. The molecular weight excluding hydrogens is 407 g/mol. The molecule has 0 aliphatic heterocycles. The van der Waals surface area contributed by atoms with Gasteiger partial charge in [-0.25, -0.2) is 23.4 Å². The van der Waals surface area contributed by atoms with Crippen LogP contribution in [0.4, 0.5) is 22.0 Å². The third-order valence-electron chi connectivity index (χ3n) is 4.43. The molecule has 0 saturated heterocycles. The molecule has 11 heteroatoms. The summed E-state index contributed by atoms with van der Waals surface area (Å²) in [5, 5.41) is 8.27. The van der Waals surface area contributed by atoms with Crippen LogP contribution in [0.5, 0.6) is 0 Å². The van der Waals surface area contributed by atoms with Gasteiger partial charge in [0.15, 0.2) is 16.7 Å². The van der Waals surface area contributed by atoms with E-state index in [9.17, 15) is 22.0 Å². The molecule has 2 aromatic carbocycles. The van der Waals surface area contributed by atoms with Gasteiger partial charge < -0.3 is 5.43 Å². The van der Waals surface area contributed by atoms with Crippen LogP contribution in [0.2, 0.25) is 0 Å². The van der Waals surface area contributed by atoms with Crippen molar-refractivity contribution >= 4 is 11.2 Å². The number of halogens is 5. The van der Waals surface area contributed by atoms with Crippen LogP contribution >= 0.6 is 0 Å². The van der Waals surface area contributed by atoms with E-state index in [1.807, 2.05) is 0 Å². The van der Waals surface area contributed by atoms with Crippen LogP contribution < -0.4 is 10.9 Å². The minimum atomic E-state index is -4.44. The van der Waals surface area contributed by atoms with Crippen LogP contribution in [-0.4, -0.2) is 19.2 Å². The van der Waals surface area contributed by atoms with Gasteiger partial charge in [-0.05, 0) is 30.3 Å². The number of nitrogens with zero attached hydrogens (tertiary/aromatic N) is 4. The second-order valence-electron chi connectivity index (χ2n) is 6.37. The van der Waals surface area contributed by atoms with E-state index in [0.29, 0.717) is 5.69 Å². The van der Waals surface area contributed by atoms with Crippen LogP contribution in [0.25, 0.3) is 16.9 Å². The van der Waals surface area contributed by atoms with Crippen molar-refractivity contribution in [2.75, 3.05) is 5.43 Å². The van der Waals surface area contributed by atoms with Gasteiger partial charge in [0.2, 0.25) is 0 Å². The SMILES string of the molecule is N=c1c2ncn(-c3ccc(C(F)(F)F)cc3)c2ncn1NCc1ccc(F)cc1F. The molecule has 0 spiro atoms. The van der Waals surface area contributed by atoms with Gasteiger partial charge in [-0.15, -0.1) is 0 Å². The predicted molar refractivity (Wildman–Crippen MR) is 97.1 cm³/mol. The Kier molecular flexibility index (Phi) is 4.72. The summed E-state index contributed by atoms with van der Waals surface area (Å²) in [6, 6.07) is 7.64. The van der Waals surface area contributed by atoms with E-state index in [-0.39, 0.29) is 28.8 Å². The van der Waals surface area contributed by atoms with Crippen molar-refractivity contribution in [1.29, 1.82) is 5.41 Å². The van der Waals surface area contributed by atoms with Gasteiger partial charge >= 0.3 is 6.18 Å². The van der Waals surface area contributed by atoms with E-state index in [1.165, 1.54) is 40.1 Å². The maximum atomic E-state index is 13.8.